The van der Waals surface area contributed by atoms with E-state index < -0.39 is 0 Å². The summed E-state index contributed by atoms with van der Waals surface area (Å²) in [5, 5.41) is 3.45. The molecule has 0 aliphatic carbocycles. The normalized spacial score (nSPS) is 20.8. The Hall–Kier alpha value is -1.14. The van der Waals surface area contributed by atoms with E-state index in [4.69, 9.17) is 0 Å². The van der Waals surface area contributed by atoms with Crippen LogP contribution in [0.2, 0.25) is 0 Å². The van der Waals surface area contributed by atoms with E-state index >= 15 is 0 Å². The van der Waals surface area contributed by atoms with E-state index in [2.05, 4.69) is 43.2 Å². The highest BCUT2D eigenvalue weighted by Gasteiger charge is 2.19. The van der Waals surface area contributed by atoms with Crippen LogP contribution in [0.15, 0.2) is 23.2 Å². The first-order valence-corrected chi connectivity index (χ1v) is 7.46. The number of anilines is 1. The summed E-state index contributed by atoms with van der Waals surface area (Å²) in [6.07, 6.45) is 9.53. The molecule has 2 aromatic heterocycles. The van der Waals surface area contributed by atoms with E-state index in [0.717, 1.165) is 22.6 Å². The first-order valence-electron chi connectivity index (χ1n) is 6.67. The quantitative estimate of drug-likeness (QED) is 0.942. The van der Waals surface area contributed by atoms with E-state index in [1.54, 1.807) is 6.20 Å². The number of hydrogen-bond donors (Lipinski definition) is 1. The average molecular weight is 324 g/mol. The van der Waals surface area contributed by atoms with Crippen molar-refractivity contribution < 1.29 is 0 Å². The minimum atomic E-state index is 0.588. The van der Waals surface area contributed by atoms with Gasteiger partial charge in [0, 0.05) is 31.2 Å². The van der Waals surface area contributed by atoms with Crippen LogP contribution in [0.25, 0.3) is 5.65 Å². The lowest BCUT2D eigenvalue weighted by molar-refractivity contribution is 0.194. The zero-order valence-electron chi connectivity index (χ0n) is 11.0. The molecule has 19 heavy (non-hydrogen) atoms. The van der Waals surface area contributed by atoms with Gasteiger partial charge < -0.3 is 14.6 Å². The van der Waals surface area contributed by atoms with Crippen LogP contribution in [-0.2, 0) is 0 Å². The SMILES string of the molecule is CN1CCCCC1CNc1nc(Br)cn2ccnc12. The molecule has 2 aromatic rings. The van der Waals surface area contributed by atoms with Crippen molar-refractivity contribution in [2.75, 3.05) is 25.5 Å². The third kappa shape index (κ3) is 2.74. The fourth-order valence-corrected chi connectivity index (χ4v) is 3.03. The fraction of sp³-hybridized carbons (Fsp3) is 0.538. The Morgan fingerprint density at radius 2 is 2.37 bits per heavy atom. The number of nitrogens with one attached hydrogen (secondary N) is 1. The molecule has 0 radical (unpaired) electrons. The van der Waals surface area contributed by atoms with Crippen molar-refractivity contribution >= 4 is 27.4 Å². The van der Waals surface area contributed by atoms with Crippen LogP contribution in [0.1, 0.15) is 19.3 Å². The lowest BCUT2D eigenvalue weighted by Crippen LogP contribution is -2.40. The van der Waals surface area contributed by atoms with Crippen LogP contribution in [-0.4, -0.2) is 45.4 Å². The monoisotopic (exact) mass is 323 g/mol. The lowest BCUT2D eigenvalue weighted by Gasteiger charge is -2.32. The minimum absolute atomic E-state index is 0.588. The second-order valence-corrected chi connectivity index (χ2v) is 5.89. The van der Waals surface area contributed by atoms with Gasteiger partial charge in [-0.25, -0.2) is 9.97 Å². The Labute approximate surface area is 121 Å². The highest BCUT2D eigenvalue weighted by atomic mass is 79.9. The van der Waals surface area contributed by atoms with Crippen LogP contribution in [0, 0.1) is 0 Å². The van der Waals surface area contributed by atoms with Gasteiger partial charge in [-0.05, 0) is 42.4 Å². The second kappa shape index (κ2) is 5.46. The summed E-state index contributed by atoms with van der Waals surface area (Å²) >= 11 is 3.44. The number of hydrogen-bond acceptors (Lipinski definition) is 4. The predicted octanol–water partition coefficient (Wildman–Crippen LogP) is 2.39. The fourth-order valence-electron chi connectivity index (χ4n) is 2.64. The van der Waals surface area contributed by atoms with E-state index in [0.29, 0.717) is 6.04 Å². The molecular formula is C13H18BrN5. The maximum absolute atomic E-state index is 4.49. The van der Waals surface area contributed by atoms with Crippen LogP contribution in [0.3, 0.4) is 0 Å². The zero-order valence-corrected chi connectivity index (χ0v) is 12.6. The summed E-state index contributed by atoms with van der Waals surface area (Å²) in [7, 11) is 2.20. The maximum Gasteiger partial charge on any atom is 0.180 e. The summed E-state index contributed by atoms with van der Waals surface area (Å²) in [5.41, 5.74) is 0.877. The lowest BCUT2D eigenvalue weighted by atomic mass is 10.0. The van der Waals surface area contributed by atoms with Gasteiger partial charge in [-0.2, -0.15) is 0 Å². The Balaban J connectivity index is 1.75. The summed E-state index contributed by atoms with van der Waals surface area (Å²) in [6.45, 7) is 2.11. The average Bonchev–Trinajstić information content (AvgIpc) is 2.85. The molecule has 6 heteroatoms. The molecular weight excluding hydrogens is 306 g/mol. The number of piperidine rings is 1. The summed E-state index contributed by atoms with van der Waals surface area (Å²) < 4.78 is 2.79. The van der Waals surface area contributed by atoms with Crippen LogP contribution in [0.5, 0.6) is 0 Å². The molecule has 1 saturated heterocycles. The van der Waals surface area contributed by atoms with Crippen molar-refractivity contribution in [2.45, 2.75) is 25.3 Å². The number of imidazole rings is 1. The zero-order chi connectivity index (χ0) is 13.2. The van der Waals surface area contributed by atoms with Gasteiger partial charge in [0.2, 0.25) is 0 Å². The van der Waals surface area contributed by atoms with Gasteiger partial charge in [0.05, 0.1) is 0 Å². The minimum Gasteiger partial charge on any atom is -0.365 e. The molecule has 0 aromatic carbocycles. The topological polar surface area (TPSA) is 45.5 Å². The number of aromatic nitrogens is 3. The molecule has 5 nitrogen and oxygen atoms in total. The molecule has 1 N–H and O–H groups in total. The Morgan fingerprint density at radius 3 is 3.21 bits per heavy atom. The highest BCUT2D eigenvalue weighted by molar-refractivity contribution is 9.10. The van der Waals surface area contributed by atoms with Gasteiger partial charge in [0.25, 0.3) is 0 Å². The molecule has 0 saturated carbocycles. The van der Waals surface area contributed by atoms with Gasteiger partial charge in [0.15, 0.2) is 11.5 Å². The van der Waals surface area contributed by atoms with E-state index in [1.165, 1.54) is 25.8 Å². The number of likely N-dealkylation sites (tertiary alicyclic amines) is 1. The first-order chi connectivity index (χ1) is 9.24. The third-order valence-electron chi connectivity index (χ3n) is 3.77. The number of nitrogens with zero attached hydrogens (tertiary/aromatic N) is 4. The number of halogens is 1. The predicted molar refractivity (Wildman–Crippen MR) is 79.4 cm³/mol. The Morgan fingerprint density at radius 1 is 1.47 bits per heavy atom. The van der Waals surface area contributed by atoms with Gasteiger partial charge in [-0.15, -0.1) is 0 Å². The van der Waals surface area contributed by atoms with Crippen molar-refractivity contribution in [3.05, 3.63) is 23.2 Å². The second-order valence-electron chi connectivity index (χ2n) is 5.08. The van der Waals surface area contributed by atoms with Crippen LogP contribution < -0.4 is 5.32 Å². The summed E-state index contributed by atoms with van der Waals surface area (Å²) in [6, 6.07) is 0.588. The molecule has 0 bridgehead atoms. The summed E-state index contributed by atoms with van der Waals surface area (Å²) in [5.74, 6) is 0.846. The van der Waals surface area contributed by atoms with Crippen LogP contribution in [0.4, 0.5) is 5.82 Å². The number of rotatable bonds is 3. The molecule has 0 spiro atoms. The highest BCUT2D eigenvalue weighted by Crippen LogP contribution is 2.19. The van der Waals surface area contributed by atoms with E-state index in [-0.39, 0.29) is 0 Å². The first kappa shape index (κ1) is 12.9. The molecule has 102 valence electrons. The Bertz CT molecular complexity index is 567. The smallest absolute Gasteiger partial charge is 0.180 e. The third-order valence-corrected chi connectivity index (χ3v) is 4.15. The molecule has 1 fully saturated rings. The van der Waals surface area contributed by atoms with Gasteiger partial charge in [-0.1, -0.05) is 6.42 Å². The molecule has 0 amide bonds. The molecule has 1 aliphatic heterocycles. The molecule has 1 unspecified atom stereocenters. The van der Waals surface area contributed by atoms with Crippen molar-refractivity contribution in [3.63, 3.8) is 0 Å². The number of fused-ring (bicyclic) bond motifs is 1. The van der Waals surface area contributed by atoms with Crippen molar-refractivity contribution in [3.8, 4) is 0 Å². The van der Waals surface area contributed by atoms with E-state index in [9.17, 15) is 0 Å². The van der Waals surface area contributed by atoms with Gasteiger partial charge in [0.1, 0.15) is 4.60 Å². The molecule has 1 atom stereocenters. The largest absolute Gasteiger partial charge is 0.365 e. The van der Waals surface area contributed by atoms with E-state index in [1.807, 2.05) is 16.8 Å². The van der Waals surface area contributed by atoms with Crippen molar-refractivity contribution in [1.29, 1.82) is 0 Å². The summed E-state index contributed by atoms with van der Waals surface area (Å²) in [4.78, 5) is 11.3. The van der Waals surface area contributed by atoms with Crippen LogP contribution >= 0.6 is 15.9 Å². The van der Waals surface area contributed by atoms with Gasteiger partial charge >= 0.3 is 0 Å². The maximum atomic E-state index is 4.49. The van der Waals surface area contributed by atoms with Crippen molar-refractivity contribution in [1.82, 2.24) is 19.3 Å². The molecule has 1 aliphatic rings. The van der Waals surface area contributed by atoms with Gasteiger partial charge in [-0.3, -0.25) is 0 Å². The Kier molecular flexibility index (Phi) is 3.70. The molecule has 3 rings (SSSR count). The van der Waals surface area contributed by atoms with Crippen molar-refractivity contribution in [2.24, 2.45) is 0 Å². The standard InChI is InChI=1S/C13H18BrN5/c1-18-6-3-2-4-10(18)8-16-12-13-15-5-7-19(13)9-11(14)17-12/h5,7,9-10H,2-4,6,8H2,1H3,(H,16,17). The molecule has 3 heterocycles. The number of likely N-dealkylation sites (N-methyl/N-ethyl adjacent to an activating group) is 1.